The lowest BCUT2D eigenvalue weighted by atomic mass is 10.1. The molecular weight excluding hydrogens is 298 g/mol. The van der Waals surface area contributed by atoms with Crippen LogP contribution in [0, 0.1) is 0 Å². The molecule has 0 saturated carbocycles. The summed E-state index contributed by atoms with van der Waals surface area (Å²) in [6.07, 6.45) is 13.1. The lowest BCUT2D eigenvalue weighted by Crippen LogP contribution is -2.07. The molecule has 1 N–H and O–H groups in total. The van der Waals surface area contributed by atoms with Crippen LogP contribution in [-0.2, 0) is 0 Å². The summed E-state index contributed by atoms with van der Waals surface area (Å²) in [5.74, 6) is 0.853. The van der Waals surface area contributed by atoms with E-state index in [1.807, 2.05) is 24.3 Å². The Balaban J connectivity index is 2.25. The molecule has 0 unspecified atom stereocenters. The van der Waals surface area contributed by atoms with E-state index in [-0.39, 0.29) is 5.78 Å². The third kappa shape index (κ3) is 9.39. The minimum Gasteiger partial charge on any atom is -0.494 e. The summed E-state index contributed by atoms with van der Waals surface area (Å²) in [7, 11) is 0. The Bertz CT molecular complexity index is 465. The van der Waals surface area contributed by atoms with Gasteiger partial charge in [-0.25, -0.2) is 0 Å². The Hall–Kier alpha value is -1.77. The molecule has 0 fully saturated rings. The first kappa shape index (κ1) is 20.3. The summed E-state index contributed by atoms with van der Waals surface area (Å²) in [6.45, 7) is 6.07. The van der Waals surface area contributed by atoms with Crippen LogP contribution in [0.4, 0.5) is 0 Å². The first-order valence-electron chi connectivity index (χ1n) is 9.45. The molecule has 134 valence electrons. The van der Waals surface area contributed by atoms with E-state index in [4.69, 9.17) is 4.74 Å². The molecule has 0 heterocycles. The quantitative estimate of drug-likeness (QED) is 0.277. The van der Waals surface area contributed by atoms with Crippen molar-refractivity contribution < 1.29 is 9.53 Å². The van der Waals surface area contributed by atoms with E-state index in [0.717, 1.165) is 31.7 Å². The zero-order valence-electron chi connectivity index (χ0n) is 15.4. The SMILES string of the molecule is CCCCCCN/C=C\C(=O)c1ccc(OCCCCCC)cc1. The lowest BCUT2D eigenvalue weighted by molar-refractivity contribution is 0.104. The van der Waals surface area contributed by atoms with Crippen molar-refractivity contribution in [3.8, 4) is 5.75 Å². The van der Waals surface area contributed by atoms with Gasteiger partial charge in [-0.1, -0.05) is 52.4 Å². The number of unbranched alkanes of at least 4 members (excludes halogenated alkanes) is 6. The molecule has 3 heteroatoms. The van der Waals surface area contributed by atoms with Crippen LogP contribution in [0.3, 0.4) is 0 Å². The van der Waals surface area contributed by atoms with Crippen molar-refractivity contribution in [2.45, 2.75) is 65.2 Å². The van der Waals surface area contributed by atoms with Crippen LogP contribution in [-0.4, -0.2) is 18.9 Å². The predicted molar refractivity (Wildman–Crippen MR) is 102 cm³/mol. The minimum absolute atomic E-state index is 0.0190. The first-order valence-corrected chi connectivity index (χ1v) is 9.45. The van der Waals surface area contributed by atoms with E-state index in [9.17, 15) is 4.79 Å². The monoisotopic (exact) mass is 331 g/mol. The second-order valence-corrected chi connectivity index (χ2v) is 6.15. The molecule has 0 aliphatic heterocycles. The summed E-state index contributed by atoms with van der Waals surface area (Å²) in [4.78, 5) is 12.1. The fraction of sp³-hybridized carbons (Fsp3) is 0.571. The van der Waals surface area contributed by atoms with Gasteiger partial charge >= 0.3 is 0 Å². The van der Waals surface area contributed by atoms with Gasteiger partial charge in [0.25, 0.3) is 0 Å². The summed E-state index contributed by atoms with van der Waals surface area (Å²) in [5, 5.41) is 3.17. The van der Waals surface area contributed by atoms with Crippen LogP contribution < -0.4 is 10.1 Å². The van der Waals surface area contributed by atoms with Gasteiger partial charge in [0.2, 0.25) is 0 Å². The highest BCUT2D eigenvalue weighted by Gasteiger charge is 2.02. The highest BCUT2D eigenvalue weighted by molar-refractivity contribution is 6.04. The summed E-state index contributed by atoms with van der Waals surface area (Å²) in [5.41, 5.74) is 0.692. The maximum absolute atomic E-state index is 12.1. The van der Waals surface area contributed by atoms with E-state index in [1.54, 1.807) is 12.3 Å². The van der Waals surface area contributed by atoms with Gasteiger partial charge < -0.3 is 10.1 Å². The fourth-order valence-electron chi connectivity index (χ4n) is 2.40. The molecule has 0 saturated heterocycles. The molecule has 0 aromatic heterocycles. The van der Waals surface area contributed by atoms with Crippen LogP contribution in [0.15, 0.2) is 36.5 Å². The van der Waals surface area contributed by atoms with Gasteiger partial charge in [-0.15, -0.1) is 0 Å². The van der Waals surface area contributed by atoms with E-state index < -0.39 is 0 Å². The minimum atomic E-state index is 0.0190. The largest absolute Gasteiger partial charge is 0.494 e. The average molecular weight is 332 g/mol. The molecule has 0 radical (unpaired) electrons. The fourth-order valence-corrected chi connectivity index (χ4v) is 2.40. The van der Waals surface area contributed by atoms with Gasteiger partial charge in [-0.2, -0.15) is 0 Å². The zero-order valence-corrected chi connectivity index (χ0v) is 15.4. The topological polar surface area (TPSA) is 38.3 Å². The highest BCUT2D eigenvalue weighted by Crippen LogP contribution is 2.13. The van der Waals surface area contributed by atoms with Gasteiger partial charge in [0.1, 0.15) is 5.75 Å². The molecule has 1 aromatic carbocycles. The molecule has 1 aromatic rings. The number of hydrogen-bond acceptors (Lipinski definition) is 3. The van der Waals surface area contributed by atoms with Crippen LogP contribution >= 0.6 is 0 Å². The number of carbonyl (C=O) groups excluding carboxylic acids is 1. The molecular formula is C21H33NO2. The first-order chi connectivity index (χ1) is 11.8. The van der Waals surface area contributed by atoms with Crippen LogP contribution in [0.1, 0.15) is 75.6 Å². The molecule has 0 spiro atoms. The van der Waals surface area contributed by atoms with E-state index in [1.165, 1.54) is 38.5 Å². The Morgan fingerprint density at radius 2 is 1.62 bits per heavy atom. The van der Waals surface area contributed by atoms with Crippen molar-refractivity contribution in [2.75, 3.05) is 13.2 Å². The van der Waals surface area contributed by atoms with Crippen molar-refractivity contribution in [1.82, 2.24) is 5.32 Å². The van der Waals surface area contributed by atoms with Crippen molar-refractivity contribution in [3.63, 3.8) is 0 Å². The summed E-state index contributed by atoms with van der Waals surface area (Å²) < 4.78 is 5.69. The molecule has 24 heavy (non-hydrogen) atoms. The van der Waals surface area contributed by atoms with E-state index >= 15 is 0 Å². The summed E-state index contributed by atoms with van der Waals surface area (Å²) >= 11 is 0. The van der Waals surface area contributed by atoms with Crippen LogP contribution in [0.2, 0.25) is 0 Å². The number of nitrogens with one attached hydrogen (secondary N) is 1. The predicted octanol–water partition coefficient (Wildman–Crippen LogP) is 5.51. The Morgan fingerprint density at radius 1 is 0.958 bits per heavy atom. The molecule has 0 bridgehead atoms. The zero-order chi connectivity index (χ0) is 17.5. The average Bonchev–Trinajstić information content (AvgIpc) is 2.61. The number of benzene rings is 1. The van der Waals surface area contributed by atoms with Crippen LogP contribution in [0.5, 0.6) is 5.75 Å². The molecule has 0 atom stereocenters. The van der Waals surface area contributed by atoms with Gasteiger partial charge in [-0.3, -0.25) is 4.79 Å². The second kappa shape index (κ2) is 13.6. The van der Waals surface area contributed by atoms with Crippen LogP contribution in [0.25, 0.3) is 0 Å². The molecule has 0 aliphatic carbocycles. The Kier molecular flexibility index (Phi) is 11.5. The number of ketones is 1. The number of rotatable bonds is 14. The number of hydrogen-bond donors (Lipinski definition) is 1. The maximum atomic E-state index is 12.1. The van der Waals surface area contributed by atoms with E-state index in [2.05, 4.69) is 19.2 Å². The smallest absolute Gasteiger partial charge is 0.187 e. The normalized spacial score (nSPS) is 10.9. The van der Waals surface area contributed by atoms with Gasteiger partial charge in [0.15, 0.2) is 5.78 Å². The highest BCUT2D eigenvalue weighted by atomic mass is 16.5. The van der Waals surface area contributed by atoms with Crippen molar-refractivity contribution >= 4 is 5.78 Å². The Labute approximate surface area is 147 Å². The van der Waals surface area contributed by atoms with Gasteiger partial charge in [0, 0.05) is 24.4 Å². The Morgan fingerprint density at radius 3 is 2.29 bits per heavy atom. The second-order valence-electron chi connectivity index (χ2n) is 6.15. The molecule has 1 rings (SSSR count). The van der Waals surface area contributed by atoms with Gasteiger partial charge in [-0.05, 0) is 37.1 Å². The van der Waals surface area contributed by atoms with E-state index in [0.29, 0.717) is 5.56 Å². The van der Waals surface area contributed by atoms with Crippen molar-refractivity contribution in [2.24, 2.45) is 0 Å². The molecule has 3 nitrogen and oxygen atoms in total. The molecule has 0 amide bonds. The number of ether oxygens (including phenoxy) is 1. The third-order valence-electron chi connectivity index (χ3n) is 3.93. The van der Waals surface area contributed by atoms with Crippen molar-refractivity contribution in [3.05, 3.63) is 42.1 Å². The lowest BCUT2D eigenvalue weighted by Gasteiger charge is -2.06. The molecule has 0 aliphatic rings. The van der Waals surface area contributed by atoms with Gasteiger partial charge in [0.05, 0.1) is 6.61 Å². The maximum Gasteiger partial charge on any atom is 0.187 e. The van der Waals surface area contributed by atoms with Crippen molar-refractivity contribution in [1.29, 1.82) is 0 Å². The standard InChI is InChI=1S/C21H33NO2/c1-3-5-7-9-16-22-17-15-21(23)19-11-13-20(14-12-19)24-18-10-8-6-4-2/h11-15,17,22H,3-10,16,18H2,1-2H3/b17-15-. The number of carbonyl (C=O) groups is 1. The summed E-state index contributed by atoms with van der Waals surface area (Å²) in [6, 6.07) is 7.41. The third-order valence-corrected chi connectivity index (χ3v) is 3.93. The number of allylic oxidation sites excluding steroid dienone is 1.